The summed E-state index contributed by atoms with van der Waals surface area (Å²) >= 11 is 6.16. The predicted octanol–water partition coefficient (Wildman–Crippen LogP) is 3.31. The number of hydrogen-bond donors (Lipinski definition) is 1. The molecule has 3 rings (SSSR count). The number of aryl methyl sites for hydroxylation is 1. The van der Waals surface area contributed by atoms with Crippen LogP contribution in [-0.2, 0) is 16.4 Å². The first-order chi connectivity index (χ1) is 13.8. The van der Waals surface area contributed by atoms with Crippen molar-refractivity contribution in [3.63, 3.8) is 0 Å². The number of nitrogens with zero attached hydrogens (tertiary/aromatic N) is 2. The normalized spacial score (nSPS) is 13.7. The Morgan fingerprint density at radius 1 is 1.24 bits per heavy atom. The van der Waals surface area contributed by atoms with E-state index in [1.807, 2.05) is 0 Å². The zero-order valence-corrected chi connectivity index (χ0v) is 18.3. The molecule has 0 aromatic heterocycles. The Bertz CT molecular complexity index is 994. The highest BCUT2D eigenvalue weighted by Gasteiger charge is 2.18. The number of halogens is 1. The second-order valence-electron chi connectivity index (χ2n) is 7.22. The van der Waals surface area contributed by atoms with Crippen LogP contribution in [0.25, 0.3) is 0 Å². The van der Waals surface area contributed by atoms with Gasteiger partial charge in [-0.2, -0.15) is 0 Å². The minimum absolute atomic E-state index is 0.267. The molecule has 29 heavy (non-hydrogen) atoms. The van der Waals surface area contributed by atoms with E-state index in [-0.39, 0.29) is 16.5 Å². The molecule has 1 aliphatic heterocycles. The Labute approximate surface area is 177 Å². The summed E-state index contributed by atoms with van der Waals surface area (Å²) in [5.74, 6) is -0.308. The van der Waals surface area contributed by atoms with E-state index in [0.29, 0.717) is 12.2 Å². The lowest BCUT2D eigenvalue weighted by atomic mass is 10.0. The number of sulfonamides is 1. The first-order valence-electron chi connectivity index (χ1n) is 9.62. The van der Waals surface area contributed by atoms with Gasteiger partial charge >= 0.3 is 0 Å². The van der Waals surface area contributed by atoms with E-state index in [2.05, 4.69) is 34.5 Å². The predicted molar refractivity (Wildman–Crippen MR) is 119 cm³/mol. The van der Waals surface area contributed by atoms with Gasteiger partial charge in [0, 0.05) is 32.4 Å². The van der Waals surface area contributed by atoms with E-state index < -0.39 is 10.0 Å². The Kier molecular flexibility index (Phi) is 6.70. The van der Waals surface area contributed by atoms with E-state index in [1.165, 1.54) is 30.4 Å². The van der Waals surface area contributed by atoms with E-state index in [1.54, 1.807) is 6.07 Å². The minimum atomic E-state index is -3.42. The fourth-order valence-electron chi connectivity index (χ4n) is 3.49. The van der Waals surface area contributed by atoms with Crippen LogP contribution in [0.3, 0.4) is 0 Å². The molecular weight excluding hydrogens is 410 g/mol. The van der Waals surface area contributed by atoms with Gasteiger partial charge in [-0.3, -0.25) is 9.10 Å². The van der Waals surface area contributed by atoms with Gasteiger partial charge in [0.2, 0.25) is 10.0 Å². The van der Waals surface area contributed by atoms with E-state index in [9.17, 15) is 13.2 Å². The third kappa shape index (κ3) is 5.22. The van der Waals surface area contributed by atoms with Crippen molar-refractivity contribution in [3.8, 4) is 0 Å². The van der Waals surface area contributed by atoms with Crippen LogP contribution >= 0.6 is 11.6 Å². The summed E-state index contributed by atoms with van der Waals surface area (Å²) in [6.07, 6.45) is 4.17. The van der Waals surface area contributed by atoms with Crippen LogP contribution < -0.4 is 14.5 Å². The van der Waals surface area contributed by atoms with E-state index >= 15 is 0 Å². The zero-order valence-electron chi connectivity index (χ0n) is 16.7. The molecule has 0 bridgehead atoms. The molecule has 0 saturated heterocycles. The van der Waals surface area contributed by atoms with Gasteiger partial charge < -0.3 is 10.2 Å². The Balaban J connectivity index is 1.58. The topological polar surface area (TPSA) is 69.7 Å². The average molecular weight is 436 g/mol. The number of para-hydroxylation sites is 1. The number of hydrogen-bond acceptors (Lipinski definition) is 4. The summed E-state index contributed by atoms with van der Waals surface area (Å²) in [5.41, 5.74) is 3.32. The van der Waals surface area contributed by atoms with Crippen molar-refractivity contribution in [1.82, 2.24) is 5.32 Å². The maximum atomic E-state index is 12.6. The third-order valence-corrected chi connectivity index (χ3v) is 6.69. The van der Waals surface area contributed by atoms with E-state index in [0.717, 1.165) is 42.9 Å². The SMILES string of the molecule is CN(c1ccc(Cl)c(C(=O)NCCCN2CCCc3ccccc32)c1)S(C)(=O)=O. The molecule has 2 aromatic carbocycles. The van der Waals surface area contributed by atoms with Crippen LogP contribution in [-0.4, -0.2) is 47.3 Å². The first-order valence-corrected chi connectivity index (χ1v) is 11.8. The lowest BCUT2D eigenvalue weighted by Crippen LogP contribution is -2.33. The molecule has 2 aromatic rings. The van der Waals surface area contributed by atoms with Gasteiger partial charge in [-0.15, -0.1) is 0 Å². The highest BCUT2D eigenvalue weighted by Crippen LogP contribution is 2.27. The van der Waals surface area contributed by atoms with Crippen molar-refractivity contribution in [2.75, 3.05) is 42.1 Å². The summed E-state index contributed by atoms with van der Waals surface area (Å²) in [7, 11) is -1.97. The fourth-order valence-corrected chi connectivity index (χ4v) is 4.19. The zero-order chi connectivity index (χ0) is 21.0. The van der Waals surface area contributed by atoms with Crippen molar-refractivity contribution in [2.24, 2.45) is 0 Å². The number of benzene rings is 2. The molecule has 0 unspecified atom stereocenters. The maximum absolute atomic E-state index is 12.6. The van der Waals surface area contributed by atoms with Gasteiger partial charge in [-0.05, 0) is 49.1 Å². The Hall–Kier alpha value is -2.25. The molecule has 0 fully saturated rings. The molecule has 0 spiro atoms. The molecule has 1 N–H and O–H groups in total. The Morgan fingerprint density at radius 2 is 2.00 bits per heavy atom. The van der Waals surface area contributed by atoms with Gasteiger partial charge in [0.15, 0.2) is 0 Å². The lowest BCUT2D eigenvalue weighted by Gasteiger charge is -2.31. The number of anilines is 2. The van der Waals surface area contributed by atoms with Gasteiger partial charge in [-0.25, -0.2) is 8.42 Å². The van der Waals surface area contributed by atoms with Crippen LogP contribution in [0.5, 0.6) is 0 Å². The summed E-state index contributed by atoms with van der Waals surface area (Å²) in [5, 5.41) is 3.18. The van der Waals surface area contributed by atoms with Gasteiger partial charge in [0.05, 0.1) is 22.5 Å². The summed E-state index contributed by atoms with van der Waals surface area (Å²) in [4.78, 5) is 14.9. The number of carbonyl (C=O) groups excluding carboxylic acids is 1. The van der Waals surface area contributed by atoms with Crippen molar-refractivity contribution in [3.05, 3.63) is 58.6 Å². The number of fused-ring (bicyclic) bond motifs is 1. The third-order valence-electron chi connectivity index (χ3n) is 5.15. The minimum Gasteiger partial charge on any atom is -0.371 e. The number of rotatable bonds is 7. The van der Waals surface area contributed by atoms with Crippen molar-refractivity contribution < 1.29 is 13.2 Å². The smallest absolute Gasteiger partial charge is 0.252 e. The number of carbonyl (C=O) groups is 1. The van der Waals surface area contributed by atoms with E-state index in [4.69, 9.17) is 11.6 Å². The van der Waals surface area contributed by atoms with Gasteiger partial charge in [-0.1, -0.05) is 29.8 Å². The van der Waals surface area contributed by atoms with Crippen LogP contribution in [0, 0.1) is 0 Å². The molecule has 0 radical (unpaired) electrons. The first kappa shape index (κ1) is 21.5. The van der Waals surface area contributed by atoms with Crippen LogP contribution in [0.15, 0.2) is 42.5 Å². The molecule has 0 aliphatic carbocycles. The van der Waals surface area contributed by atoms with Crippen molar-refractivity contribution >= 4 is 38.9 Å². The molecule has 8 heteroatoms. The monoisotopic (exact) mass is 435 g/mol. The van der Waals surface area contributed by atoms with Crippen LogP contribution in [0.2, 0.25) is 5.02 Å². The second-order valence-corrected chi connectivity index (χ2v) is 9.64. The molecule has 1 aliphatic rings. The Morgan fingerprint density at radius 3 is 2.76 bits per heavy atom. The van der Waals surface area contributed by atoms with Gasteiger partial charge in [0.25, 0.3) is 5.91 Å². The molecule has 0 saturated carbocycles. The molecular formula is C21H26ClN3O3S. The molecule has 1 heterocycles. The largest absolute Gasteiger partial charge is 0.371 e. The molecule has 0 atom stereocenters. The number of amides is 1. The summed E-state index contributed by atoms with van der Waals surface area (Å²) in [6, 6.07) is 13.1. The molecule has 6 nitrogen and oxygen atoms in total. The van der Waals surface area contributed by atoms with Gasteiger partial charge in [0.1, 0.15) is 0 Å². The average Bonchev–Trinajstić information content (AvgIpc) is 2.70. The maximum Gasteiger partial charge on any atom is 0.252 e. The summed E-state index contributed by atoms with van der Waals surface area (Å²) < 4.78 is 24.6. The standard InChI is InChI=1S/C21H26ClN3O3S/c1-24(29(2,27)28)17-10-11-19(22)18(15-17)21(26)23-12-6-14-25-13-5-8-16-7-3-4-9-20(16)25/h3-4,7,9-11,15H,5-6,8,12-14H2,1-2H3,(H,23,26). The highest BCUT2D eigenvalue weighted by molar-refractivity contribution is 7.92. The molecule has 156 valence electrons. The number of nitrogens with one attached hydrogen (secondary N) is 1. The highest BCUT2D eigenvalue weighted by atomic mass is 35.5. The van der Waals surface area contributed by atoms with Crippen LogP contribution in [0.4, 0.5) is 11.4 Å². The molecule has 1 amide bonds. The van der Waals surface area contributed by atoms with Crippen molar-refractivity contribution in [1.29, 1.82) is 0 Å². The lowest BCUT2D eigenvalue weighted by molar-refractivity contribution is 0.0953. The quantitative estimate of drug-likeness (QED) is 0.677. The fraction of sp³-hybridized carbons (Fsp3) is 0.381. The van der Waals surface area contributed by atoms with Crippen LogP contribution in [0.1, 0.15) is 28.8 Å². The second kappa shape index (κ2) is 9.05. The van der Waals surface area contributed by atoms with Crippen molar-refractivity contribution in [2.45, 2.75) is 19.3 Å². The summed E-state index contributed by atoms with van der Waals surface area (Å²) in [6.45, 7) is 2.40.